The van der Waals surface area contributed by atoms with Crippen LogP contribution in [0.4, 0.5) is 0 Å². The molecule has 0 fully saturated rings. The van der Waals surface area contributed by atoms with Crippen LogP contribution in [0.1, 0.15) is 30.7 Å². The number of methoxy groups -OCH3 is 1. The molecule has 1 aromatic rings. The molecule has 0 radical (unpaired) electrons. The van der Waals surface area contributed by atoms with Gasteiger partial charge in [0.25, 0.3) is 0 Å². The number of rotatable bonds is 7. The fraction of sp³-hybridized carbons (Fsp3) is 0.462. The van der Waals surface area contributed by atoms with Crippen LogP contribution in [0.5, 0.6) is 0 Å². The van der Waals surface area contributed by atoms with Crippen molar-refractivity contribution in [2.75, 3.05) is 13.7 Å². The number of hydrogen-bond donors (Lipinski definition) is 1. The highest BCUT2D eigenvalue weighted by atomic mass is 35.5. The summed E-state index contributed by atoms with van der Waals surface area (Å²) in [6, 6.07) is 7.05. The summed E-state index contributed by atoms with van der Waals surface area (Å²) in [6.45, 7) is 0.669. The summed E-state index contributed by atoms with van der Waals surface area (Å²) in [5.74, 6) is -1.28. The second kappa shape index (κ2) is 7.30. The predicted octanol–water partition coefficient (Wildman–Crippen LogP) is 3.32. The third kappa shape index (κ3) is 4.75. The molecule has 0 amide bonds. The lowest BCUT2D eigenvalue weighted by atomic mass is 9.94. The zero-order valence-corrected chi connectivity index (χ0v) is 10.6. The second-order valence-corrected chi connectivity index (χ2v) is 4.37. The average molecular weight is 257 g/mol. The van der Waals surface area contributed by atoms with E-state index in [4.69, 9.17) is 16.3 Å². The van der Waals surface area contributed by atoms with Crippen LogP contribution in [0.25, 0.3) is 0 Å². The summed E-state index contributed by atoms with van der Waals surface area (Å²) in [7, 11) is 1.64. The van der Waals surface area contributed by atoms with Crippen LogP contribution >= 0.6 is 11.6 Å². The van der Waals surface area contributed by atoms with Gasteiger partial charge in [0.1, 0.15) is 0 Å². The van der Waals surface area contributed by atoms with Crippen molar-refractivity contribution in [3.8, 4) is 0 Å². The fourth-order valence-electron chi connectivity index (χ4n) is 1.75. The lowest BCUT2D eigenvalue weighted by Gasteiger charge is -2.12. The van der Waals surface area contributed by atoms with E-state index < -0.39 is 11.9 Å². The van der Waals surface area contributed by atoms with E-state index in [0.29, 0.717) is 18.1 Å². The highest BCUT2D eigenvalue weighted by Crippen LogP contribution is 2.24. The van der Waals surface area contributed by atoms with Gasteiger partial charge in [0, 0.05) is 18.7 Å². The molecule has 1 aromatic carbocycles. The van der Waals surface area contributed by atoms with E-state index in [2.05, 4.69) is 0 Å². The molecule has 0 heterocycles. The number of carboxylic acids is 1. The fourth-order valence-corrected chi connectivity index (χ4v) is 1.95. The summed E-state index contributed by atoms with van der Waals surface area (Å²) in [4.78, 5) is 11.2. The third-order valence-corrected chi connectivity index (χ3v) is 2.88. The number of hydrogen-bond acceptors (Lipinski definition) is 2. The molecular weight excluding hydrogens is 240 g/mol. The Labute approximate surface area is 106 Å². The maximum atomic E-state index is 11.2. The Morgan fingerprint density at radius 1 is 1.47 bits per heavy atom. The maximum Gasteiger partial charge on any atom is 0.310 e. The molecular formula is C13H17ClO3. The smallest absolute Gasteiger partial charge is 0.310 e. The number of carboxylic acid groups (broad SMARTS) is 1. The first-order valence-corrected chi connectivity index (χ1v) is 6.00. The van der Waals surface area contributed by atoms with E-state index in [-0.39, 0.29) is 0 Å². The Hall–Kier alpha value is -1.06. The van der Waals surface area contributed by atoms with Crippen LogP contribution in [-0.2, 0) is 9.53 Å². The lowest BCUT2D eigenvalue weighted by molar-refractivity contribution is -0.139. The van der Waals surface area contributed by atoms with Gasteiger partial charge < -0.3 is 9.84 Å². The number of unbranched alkanes of at least 4 members (excludes halogenated alkanes) is 1. The average Bonchev–Trinajstić information content (AvgIpc) is 2.28. The highest BCUT2D eigenvalue weighted by Gasteiger charge is 2.19. The van der Waals surface area contributed by atoms with Crippen LogP contribution < -0.4 is 0 Å². The number of carbonyl (C=O) groups is 1. The normalized spacial score (nSPS) is 12.4. The van der Waals surface area contributed by atoms with Crippen LogP contribution in [-0.4, -0.2) is 24.8 Å². The molecule has 0 saturated carbocycles. The first kappa shape index (κ1) is 14.0. The summed E-state index contributed by atoms with van der Waals surface area (Å²) in [6.07, 6.45) is 2.32. The Morgan fingerprint density at radius 2 is 2.24 bits per heavy atom. The standard InChI is InChI=1S/C13H17ClO3/c1-17-8-3-2-7-12(13(15)16)10-5-4-6-11(14)9-10/h4-6,9,12H,2-3,7-8H2,1H3,(H,15,16). The van der Waals surface area contributed by atoms with Crippen molar-refractivity contribution in [3.63, 3.8) is 0 Å². The van der Waals surface area contributed by atoms with E-state index in [0.717, 1.165) is 18.4 Å². The zero-order chi connectivity index (χ0) is 12.7. The minimum atomic E-state index is -0.801. The zero-order valence-electron chi connectivity index (χ0n) is 9.86. The molecule has 0 spiro atoms. The highest BCUT2D eigenvalue weighted by molar-refractivity contribution is 6.30. The molecule has 94 valence electrons. The van der Waals surface area contributed by atoms with Gasteiger partial charge in [0.2, 0.25) is 0 Å². The molecule has 0 aliphatic heterocycles. The van der Waals surface area contributed by atoms with Crippen LogP contribution in [0.3, 0.4) is 0 Å². The number of halogens is 1. The first-order valence-electron chi connectivity index (χ1n) is 5.62. The minimum Gasteiger partial charge on any atom is -0.481 e. The van der Waals surface area contributed by atoms with Gasteiger partial charge in [0.05, 0.1) is 5.92 Å². The maximum absolute atomic E-state index is 11.2. The SMILES string of the molecule is COCCCCC(C(=O)O)c1cccc(Cl)c1. The van der Waals surface area contributed by atoms with E-state index in [1.165, 1.54) is 0 Å². The van der Waals surface area contributed by atoms with Crippen LogP contribution in [0, 0.1) is 0 Å². The summed E-state index contributed by atoms with van der Waals surface area (Å²) >= 11 is 5.86. The van der Waals surface area contributed by atoms with E-state index in [9.17, 15) is 9.90 Å². The first-order chi connectivity index (χ1) is 8.15. The molecule has 0 aromatic heterocycles. The topological polar surface area (TPSA) is 46.5 Å². The van der Waals surface area contributed by atoms with Crippen molar-refractivity contribution < 1.29 is 14.6 Å². The van der Waals surface area contributed by atoms with Gasteiger partial charge in [-0.1, -0.05) is 23.7 Å². The number of ether oxygens (including phenoxy) is 1. The van der Waals surface area contributed by atoms with E-state index in [1.807, 2.05) is 0 Å². The van der Waals surface area contributed by atoms with Crippen LogP contribution in [0.2, 0.25) is 5.02 Å². The van der Waals surface area contributed by atoms with Gasteiger partial charge in [-0.3, -0.25) is 4.79 Å². The van der Waals surface area contributed by atoms with Crippen molar-refractivity contribution in [1.82, 2.24) is 0 Å². The Balaban J connectivity index is 2.63. The van der Waals surface area contributed by atoms with Crippen molar-refractivity contribution in [3.05, 3.63) is 34.9 Å². The third-order valence-electron chi connectivity index (χ3n) is 2.64. The van der Waals surface area contributed by atoms with Gasteiger partial charge in [-0.25, -0.2) is 0 Å². The molecule has 4 heteroatoms. The van der Waals surface area contributed by atoms with Gasteiger partial charge >= 0.3 is 5.97 Å². The van der Waals surface area contributed by atoms with Gasteiger partial charge in [-0.15, -0.1) is 0 Å². The molecule has 0 saturated heterocycles. The molecule has 1 unspecified atom stereocenters. The largest absolute Gasteiger partial charge is 0.481 e. The summed E-state index contributed by atoms with van der Waals surface area (Å²) in [5, 5.41) is 9.77. The Morgan fingerprint density at radius 3 is 2.82 bits per heavy atom. The number of benzene rings is 1. The Kier molecular flexibility index (Phi) is 6.01. The summed E-state index contributed by atoms with van der Waals surface area (Å²) < 4.78 is 4.94. The molecule has 1 rings (SSSR count). The predicted molar refractivity (Wildman–Crippen MR) is 67.6 cm³/mol. The lowest BCUT2D eigenvalue weighted by Crippen LogP contribution is -2.11. The van der Waals surface area contributed by atoms with Crippen LogP contribution in [0.15, 0.2) is 24.3 Å². The Bertz CT molecular complexity index is 365. The van der Waals surface area contributed by atoms with Gasteiger partial charge in [-0.2, -0.15) is 0 Å². The van der Waals surface area contributed by atoms with Gasteiger partial charge in [0.15, 0.2) is 0 Å². The van der Waals surface area contributed by atoms with E-state index >= 15 is 0 Å². The quantitative estimate of drug-likeness (QED) is 0.761. The van der Waals surface area contributed by atoms with Crippen molar-refractivity contribution >= 4 is 17.6 Å². The second-order valence-electron chi connectivity index (χ2n) is 3.93. The van der Waals surface area contributed by atoms with Crippen molar-refractivity contribution in [2.24, 2.45) is 0 Å². The number of aliphatic carboxylic acids is 1. The van der Waals surface area contributed by atoms with Crippen molar-refractivity contribution in [2.45, 2.75) is 25.2 Å². The van der Waals surface area contributed by atoms with E-state index in [1.54, 1.807) is 31.4 Å². The molecule has 0 bridgehead atoms. The van der Waals surface area contributed by atoms with Crippen molar-refractivity contribution in [1.29, 1.82) is 0 Å². The molecule has 17 heavy (non-hydrogen) atoms. The molecule has 0 aliphatic rings. The summed E-state index contributed by atoms with van der Waals surface area (Å²) in [5.41, 5.74) is 0.766. The molecule has 0 aliphatic carbocycles. The monoisotopic (exact) mass is 256 g/mol. The molecule has 3 nitrogen and oxygen atoms in total. The molecule has 1 atom stereocenters. The van der Waals surface area contributed by atoms with Gasteiger partial charge in [-0.05, 0) is 37.0 Å². The molecule has 1 N–H and O–H groups in total. The minimum absolute atomic E-state index is 0.481.